The molecule has 112 valence electrons. The maximum absolute atomic E-state index is 12.1. The molecule has 0 radical (unpaired) electrons. The van der Waals surface area contributed by atoms with Crippen LogP contribution in [0, 0.1) is 0 Å². The van der Waals surface area contributed by atoms with Crippen LogP contribution in [0.2, 0.25) is 0 Å². The molecule has 1 amide bonds. The van der Waals surface area contributed by atoms with Gasteiger partial charge in [-0.25, -0.2) is 9.97 Å². The van der Waals surface area contributed by atoms with E-state index in [-0.39, 0.29) is 5.91 Å². The van der Waals surface area contributed by atoms with Gasteiger partial charge in [0, 0.05) is 30.9 Å². The van der Waals surface area contributed by atoms with E-state index in [4.69, 9.17) is 0 Å². The van der Waals surface area contributed by atoms with E-state index >= 15 is 0 Å². The molecule has 2 aromatic rings. The van der Waals surface area contributed by atoms with Crippen LogP contribution in [0.25, 0.3) is 0 Å². The molecule has 1 aromatic heterocycles. The van der Waals surface area contributed by atoms with E-state index in [2.05, 4.69) is 15.3 Å². The van der Waals surface area contributed by atoms with Crippen LogP contribution in [-0.4, -0.2) is 29.0 Å². The van der Waals surface area contributed by atoms with Gasteiger partial charge in [0.1, 0.15) is 11.6 Å². The molecule has 1 aliphatic heterocycles. The molecule has 1 aliphatic carbocycles. The third-order valence-corrected chi connectivity index (χ3v) is 4.18. The molecule has 1 N–H and O–H groups in total. The molecule has 0 unspecified atom stereocenters. The Bertz CT molecular complexity index is 711. The van der Waals surface area contributed by atoms with Crippen LogP contribution in [0.15, 0.2) is 36.5 Å². The first-order valence-electron chi connectivity index (χ1n) is 7.76. The van der Waals surface area contributed by atoms with Gasteiger partial charge >= 0.3 is 0 Å². The number of para-hydroxylation sites is 1. The quantitative estimate of drug-likeness (QED) is 0.919. The standard InChI is InChI=1S/C17H18N4O/c22-16-11-13-3-1-2-4-14(13)21(16)10-9-18-15-7-8-19-17(20-15)12-5-6-12/h1-4,7-8,12H,5-6,9-11H2,(H,18,19,20). The number of hydrogen-bond acceptors (Lipinski definition) is 4. The molecule has 0 bridgehead atoms. The molecule has 0 saturated heterocycles. The van der Waals surface area contributed by atoms with E-state index in [1.165, 1.54) is 12.8 Å². The summed E-state index contributed by atoms with van der Waals surface area (Å²) in [4.78, 5) is 22.8. The van der Waals surface area contributed by atoms with Crippen molar-refractivity contribution in [2.75, 3.05) is 23.3 Å². The van der Waals surface area contributed by atoms with Crippen LogP contribution in [0.5, 0.6) is 0 Å². The molecular weight excluding hydrogens is 276 g/mol. The van der Waals surface area contributed by atoms with Crippen LogP contribution in [0.3, 0.4) is 0 Å². The van der Waals surface area contributed by atoms with E-state index in [0.717, 1.165) is 22.9 Å². The maximum Gasteiger partial charge on any atom is 0.231 e. The van der Waals surface area contributed by atoms with Gasteiger partial charge in [0.25, 0.3) is 0 Å². The molecule has 4 rings (SSSR count). The SMILES string of the molecule is O=C1Cc2ccccc2N1CCNc1ccnc(C2CC2)n1. The number of nitrogens with zero attached hydrogens (tertiary/aromatic N) is 3. The molecular formula is C17H18N4O. The molecule has 2 aliphatic rings. The molecule has 5 nitrogen and oxygen atoms in total. The highest BCUT2D eigenvalue weighted by Gasteiger charge is 2.27. The van der Waals surface area contributed by atoms with Gasteiger partial charge in [-0.3, -0.25) is 4.79 Å². The lowest BCUT2D eigenvalue weighted by molar-refractivity contribution is -0.117. The lowest BCUT2D eigenvalue weighted by Crippen LogP contribution is -2.31. The first kappa shape index (κ1) is 13.2. The van der Waals surface area contributed by atoms with E-state index in [1.54, 1.807) is 6.20 Å². The lowest BCUT2D eigenvalue weighted by atomic mass is 10.2. The lowest BCUT2D eigenvalue weighted by Gasteiger charge is -2.18. The largest absolute Gasteiger partial charge is 0.368 e. The van der Waals surface area contributed by atoms with E-state index in [1.807, 2.05) is 35.2 Å². The number of rotatable bonds is 5. The zero-order valence-corrected chi connectivity index (χ0v) is 12.3. The topological polar surface area (TPSA) is 58.1 Å². The summed E-state index contributed by atoms with van der Waals surface area (Å²) in [5.74, 6) is 2.50. The highest BCUT2D eigenvalue weighted by atomic mass is 16.2. The Morgan fingerprint density at radius 2 is 2.09 bits per heavy atom. The van der Waals surface area contributed by atoms with Gasteiger partial charge in [0.05, 0.1) is 6.42 Å². The minimum Gasteiger partial charge on any atom is -0.368 e. The zero-order valence-electron chi connectivity index (χ0n) is 12.3. The van der Waals surface area contributed by atoms with Crippen LogP contribution in [-0.2, 0) is 11.2 Å². The molecule has 22 heavy (non-hydrogen) atoms. The van der Waals surface area contributed by atoms with Crippen molar-refractivity contribution in [2.24, 2.45) is 0 Å². The monoisotopic (exact) mass is 294 g/mol. The van der Waals surface area contributed by atoms with Gasteiger partial charge in [0.2, 0.25) is 5.91 Å². The van der Waals surface area contributed by atoms with Gasteiger partial charge < -0.3 is 10.2 Å². The molecule has 1 saturated carbocycles. The number of hydrogen-bond donors (Lipinski definition) is 1. The van der Waals surface area contributed by atoms with Crippen molar-refractivity contribution in [3.05, 3.63) is 47.9 Å². The summed E-state index contributed by atoms with van der Waals surface area (Å²) in [6.07, 6.45) is 4.71. The smallest absolute Gasteiger partial charge is 0.231 e. The number of carbonyl (C=O) groups excluding carboxylic acids is 1. The number of fused-ring (bicyclic) bond motifs is 1. The molecule has 0 spiro atoms. The Kier molecular flexibility index (Phi) is 3.25. The summed E-state index contributed by atoms with van der Waals surface area (Å²) >= 11 is 0. The number of nitrogens with one attached hydrogen (secondary N) is 1. The minimum absolute atomic E-state index is 0.171. The first-order valence-corrected chi connectivity index (χ1v) is 7.76. The van der Waals surface area contributed by atoms with E-state index in [9.17, 15) is 4.79 Å². The third kappa shape index (κ3) is 2.54. The van der Waals surface area contributed by atoms with Gasteiger partial charge in [-0.15, -0.1) is 0 Å². The Morgan fingerprint density at radius 1 is 1.23 bits per heavy atom. The molecule has 1 fully saturated rings. The van der Waals surface area contributed by atoms with E-state index in [0.29, 0.717) is 25.4 Å². The highest BCUT2D eigenvalue weighted by Crippen LogP contribution is 2.38. The molecule has 5 heteroatoms. The fourth-order valence-electron chi connectivity index (χ4n) is 2.87. The van der Waals surface area contributed by atoms with Crippen molar-refractivity contribution in [1.29, 1.82) is 0 Å². The summed E-state index contributed by atoms with van der Waals surface area (Å²) in [5, 5.41) is 3.30. The molecule has 1 aromatic carbocycles. The van der Waals surface area contributed by atoms with Crippen molar-refractivity contribution < 1.29 is 4.79 Å². The van der Waals surface area contributed by atoms with Crippen LogP contribution >= 0.6 is 0 Å². The maximum atomic E-state index is 12.1. The number of aromatic nitrogens is 2. The third-order valence-electron chi connectivity index (χ3n) is 4.18. The number of carbonyl (C=O) groups is 1. The molecule has 0 atom stereocenters. The Labute approximate surface area is 129 Å². The number of anilines is 2. The van der Waals surface area contributed by atoms with Crippen LogP contribution in [0.1, 0.15) is 30.1 Å². The molecule has 2 heterocycles. The van der Waals surface area contributed by atoms with Crippen molar-refractivity contribution in [1.82, 2.24) is 9.97 Å². The Hall–Kier alpha value is -2.43. The number of benzene rings is 1. The second-order valence-corrected chi connectivity index (χ2v) is 5.85. The van der Waals surface area contributed by atoms with Crippen molar-refractivity contribution in [3.8, 4) is 0 Å². The first-order chi connectivity index (χ1) is 10.8. The average molecular weight is 294 g/mol. The summed E-state index contributed by atoms with van der Waals surface area (Å²) < 4.78 is 0. The summed E-state index contributed by atoms with van der Waals surface area (Å²) in [5.41, 5.74) is 2.15. The van der Waals surface area contributed by atoms with Crippen LogP contribution < -0.4 is 10.2 Å². The minimum atomic E-state index is 0.171. The highest BCUT2D eigenvalue weighted by molar-refractivity contribution is 6.01. The van der Waals surface area contributed by atoms with E-state index < -0.39 is 0 Å². The number of amides is 1. The van der Waals surface area contributed by atoms with Gasteiger partial charge in [-0.1, -0.05) is 18.2 Å². The normalized spacial score (nSPS) is 16.7. The zero-order chi connectivity index (χ0) is 14.9. The summed E-state index contributed by atoms with van der Waals surface area (Å²) in [6, 6.07) is 9.87. The Morgan fingerprint density at radius 3 is 2.95 bits per heavy atom. The van der Waals surface area contributed by atoms with Crippen LogP contribution in [0.4, 0.5) is 11.5 Å². The van der Waals surface area contributed by atoms with Gasteiger partial charge in [0.15, 0.2) is 0 Å². The van der Waals surface area contributed by atoms with Crippen molar-refractivity contribution in [2.45, 2.75) is 25.2 Å². The summed E-state index contributed by atoms with van der Waals surface area (Å²) in [6.45, 7) is 1.33. The predicted molar refractivity (Wildman–Crippen MR) is 85.0 cm³/mol. The van der Waals surface area contributed by atoms with Gasteiger partial charge in [-0.2, -0.15) is 0 Å². The fraction of sp³-hybridized carbons (Fsp3) is 0.353. The van der Waals surface area contributed by atoms with Crippen molar-refractivity contribution in [3.63, 3.8) is 0 Å². The van der Waals surface area contributed by atoms with Gasteiger partial charge in [-0.05, 0) is 30.5 Å². The summed E-state index contributed by atoms with van der Waals surface area (Å²) in [7, 11) is 0. The van der Waals surface area contributed by atoms with Crippen molar-refractivity contribution >= 4 is 17.4 Å². The fourth-order valence-corrected chi connectivity index (χ4v) is 2.87. The average Bonchev–Trinajstić information content (AvgIpc) is 3.33. The predicted octanol–water partition coefficient (Wildman–Crippen LogP) is 2.36. The second-order valence-electron chi connectivity index (χ2n) is 5.85. The second kappa shape index (κ2) is 5.40. The Balaban J connectivity index is 1.39.